The molecule has 0 atom stereocenters. The molecule has 1 N–H and O–H groups in total. The molecule has 0 radical (unpaired) electrons. The summed E-state index contributed by atoms with van der Waals surface area (Å²) in [5.74, 6) is 1.85. The third-order valence-corrected chi connectivity index (χ3v) is 4.88. The Morgan fingerprint density at radius 2 is 1.56 bits per heavy atom. The van der Waals surface area contributed by atoms with Crippen molar-refractivity contribution in [3.63, 3.8) is 0 Å². The van der Waals surface area contributed by atoms with Gasteiger partial charge in [0, 0.05) is 12.6 Å². The Kier molecular flexibility index (Phi) is 6.49. The summed E-state index contributed by atoms with van der Waals surface area (Å²) in [6, 6.07) is 11.7. The molecule has 0 spiro atoms. The number of nitrogens with one attached hydrogen (secondary N) is 1. The summed E-state index contributed by atoms with van der Waals surface area (Å²) >= 11 is 0. The van der Waals surface area contributed by atoms with E-state index in [2.05, 4.69) is 4.72 Å². The Morgan fingerprint density at radius 3 is 2.20 bits per heavy atom. The fourth-order valence-electron chi connectivity index (χ4n) is 2.15. The van der Waals surface area contributed by atoms with Crippen LogP contribution in [-0.4, -0.2) is 42.9 Å². The zero-order valence-electron chi connectivity index (χ0n) is 14.3. The van der Waals surface area contributed by atoms with Crippen LogP contribution in [0.2, 0.25) is 0 Å². The molecule has 2 aromatic carbocycles. The van der Waals surface area contributed by atoms with Crippen LogP contribution in [0.1, 0.15) is 0 Å². The minimum absolute atomic E-state index is 0.0353. The Morgan fingerprint density at radius 1 is 0.880 bits per heavy atom. The van der Waals surface area contributed by atoms with Crippen molar-refractivity contribution in [2.45, 2.75) is 4.90 Å². The number of benzene rings is 2. The van der Waals surface area contributed by atoms with Crippen molar-refractivity contribution < 1.29 is 27.4 Å². The summed E-state index contributed by atoms with van der Waals surface area (Å²) in [7, 11) is 0.700. The van der Waals surface area contributed by atoms with E-state index in [-0.39, 0.29) is 23.8 Å². The quantitative estimate of drug-likeness (QED) is 0.683. The van der Waals surface area contributed by atoms with E-state index < -0.39 is 10.0 Å². The van der Waals surface area contributed by atoms with E-state index in [9.17, 15) is 8.42 Å². The molecule has 25 heavy (non-hydrogen) atoms. The summed E-state index contributed by atoms with van der Waals surface area (Å²) in [4.78, 5) is 0.0353. The molecule has 0 aliphatic rings. The number of para-hydroxylation sites is 2. The van der Waals surface area contributed by atoms with Gasteiger partial charge < -0.3 is 18.9 Å². The van der Waals surface area contributed by atoms with Gasteiger partial charge in [-0.15, -0.1) is 0 Å². The molecule has 0 bridgehead atoms. The second kappa shape index (κ2) is 8.59. The summed E-state index contributed by atoms with van der Waals surface area (Å²) in [5.41, 5.74) is 0. The second-order valence-electron chi connectivity index (χ2n) is 4.91. The average Bonchev–Trinajstić information content (AvgIpc) is 2.64. The number of hydrogen-bond acceptors (Lipinski definition) is 6. The molecule has 7 nitrogen and oxygen atoms in total. The lowest BCUT2D eigenvalue weighted by Gasteiger charge is -2.13. The van der Waals surface area contributed by atoms with Gasteiger partial charge in [0.2, 0.25) is 10.0 Å². The zero-order chi connectivity index (χ0) is 18.3. The Balaban J connectivity index is 2.00. The fourth-order valence-corrected chi connectivity index (χ4v) is 3.31. The first-order chi connectivity index (χ1) is 12.0. The number of sulfonamides is 1. The van der Waals surface area contributed by atoms with Crippen LogP contribution in [0.15, 0.2) is 47.4 Å². The van der Waals surface area contributed by atoms with Gasteiger partial charge in [0.15, 0.2) is 11.5 Å². The van der Waals surface area contributed by atoms with Gasteiger partial charge >= 0.3 is 0 Å². The van der Waals surface area contributed by atoms with Crippen LogP contribution in [0, 0.1) is 0 Å². The minimum atomic E-state index is -3.74. The monoisotopic (exact) mass is 367 g/mol. The van der Waals surface area contributed by atoms with Crippen molar-refractivity contribution >= 4 is 10.0 Å². The van der Waals surface area contributed by atoms with Gasteiger partial charge in [-0.2, -0.15) is 0 Å². The molecule has 0 aromatic heterocycles. The number of rotatable bonds is 9. The summed E-state index contributed by atoms with van der Waals surface area (Å²) in [6.07, 6.45) is 0. The summed E-state index contributed by atoms with van der Waals surface area (Å²) in [5, 5.41) is 0. The normalized spacial score (nSPS) is 11.0. The molecule has 136 valence electrons. The first kappa shape index (κ1) is 18.9. The highest BCUT2D eigenvalue weighted by Gasteiger charge is 2.19. The molecule has 0 amide bonds. The van der Waals surface area contributed by atoms with E-state index in [0.717, 1.165) is 0 Å². The third kappa shape index (κ3) is 4.77. The van der Waals surface area contributed by atoms with Gasteiger partial charge in [-0.25, -0.2) is 13.1 Å². The summed E-state index contributed by atoms with van der Waals surface area (Å²) in [6.45, 7) is 0.244. The van der Waals surface area contributed by atoms with Crippen LogP contribution in [0.4, 0.5) is 0 Å². The van der Waals surface area contributed by atoms with Crippen molar-refractivity contribution in [2.75, 3.05) is 34.5 Å². The first-order valence-corrected chi connectivity index (χ1v) is 8.97. The molecule has 2 aromatic rings. The first-order valence-electron chi connectivity index (χ1n) is 7.49. The fraction of sp³-hybridized carbons (Fsp3) is 0.294. The molecule has 2 rings (SSSR count). The second-order valence-corrected chi connectivity index (χ2v) is 6.65. The molecule has 0 heterocycles. The van der Waals surface area contributed by atoms with Crippen LogP contribution in [-0.2, 0) is 10.0 Å². The molecule has 0 aliphatic carbocycles. The van der Waals surface area contributed by atoms with Gasteiger partial charge in [-0.3, -0.25) is 0 Å². The van der Waals surface area contributed by atoms with Crippen LogP contribution in [0.25, 0.3) is 0 Å². The maximum absolute atomic E-state index is 12.4. The van der Waals surface area contributed by atoms with E-state index >= 15 is 0 Å². The number of methoxy groups -OCH3 is 3. The van der Waals surface area contributed by atoms with Crippen LogP contribution < -0.4 is 23.7 Å². The highest BCUT2D eigenvalue weighted by Crippen LogP contribution is 2.28. The van der Waals surface area contributed by atoms with E-state index in [0.29, 0.717) is 17.2 Å². The van der Waals surface area contributed by atoms with Crippen molar-refractivity contribution in [3.8, 4) is 23.0 Å². The van der Waals surface area contributed by atoms with Crippen molar-refractivity contribution in [1.82, 2.24) is 4.72 Å². The van der Waals surface area contributed by atoms with Gasteiger partial charge in [0.05, 0.1) is 21.3 Å². The minimum Gasteiger partial charge on any atom is -0.497 e. The molecule has 0 aliphatic heterocycles. The zero-order valence-corrected chi connectivity index (χ0v) is 15.1. The predicted octanol–water partition coefficient (Wildman–Crippen LogP) is 2.07. The lowest BCUT2D eigenvalue weighted by atomic mass is 10.3. The third-order valence-electron chi connectivity index (χ3n) is 3.38. The van der Waals surface area contributed by atoms with Crippen LogP contribution in [0.5, 0.6) is 23.0 Å². The van der Waals surface area contributed by atoms with Gasteiger partial charge in [-0.05, 0) is 24.3 Å². The molecular formula is C17H21NO6S. The lowest BCUT2D eigenvalue weighted by Crippen LogP contribution is -2.28. The van der Waals surface area contributed by atoms with E-state index in [4.69, 9.17) is 18.9 Å². The molecule has 8 heteroatoms. The van der Waals surface area contributed by atoms with E-state index in [1.807, 2.05) is 12.1 Å². The molecule has 0 saturated carbocycles. The number of hydrogen-bond donors (Lipinski definition) is 1. The Hall–Kier alpha value is -2.45. The lowest BCUT2D eigenvalue weighted by molar-refractivity contribution is 0.298. The number of ether oxygens (including phenoxy) is 4. The molecule has 0 saturated heterocycles. The Labute approximate surface area is 147 Å². The topological polar surface area (TPSA) is 83.1 Å². The van der Waals surface area contributed by atoms with Gasteiger partial charge in [-0.1, -0.05) is 12.1 Å². The highest BCUT2D eigenvalue weighted by atomic mass is 32.2. The van der Waals surface area contributed by atoms with Crippen molar-refractivity contribution in [1.29, 1.82) is 0 Å². The smallest absolute Gasteiger partial charge is 0.244 e. The van der Waals surface area contributed by atoms with Crippen molar-refractivity contribution in [3.05, 3.63) is 42.5 Å². The SMILES string of the molecule is COc1ccc(S(=O)(=O)NCCOc2ccccc2OC)c(OC)c1. The van der Waals surface area contributed by atoms with Gasteiger partial charge in [0.25, 0.3) is 0 Å². The largest absolute Gasteiger partial charge is 0.497 e. The van der Waals surface area contributed by atoms with E-state index in [1.165, 1.54) is 26.4 Å². The maximum atomic E-state index is 12.4. The molecular weight excluding hydrogens is 346 g/mol. The maximum Gasteiger partial charge on any atom is 0.244 e. The standard InChI is InChI=1S/C17H21NO6S/c1-21-13-8-9-17(16(12-13)23-3)25(19,20)18-10-11-24-15-7-5-4-6-14(15)22-2/h4-9,12,18H,10-11H2,1-3H3. The molecule has 0 fully saturated rings. The predicted molar refractivity (Wildman–Crippen MR) is 93.2 cm³/mol. The molecule has 0 unspecified atom stereocenters. The van der Waals surface area contributed by atoms with Crippen LogP contribution >= 0.6 is 0 Å². The van der Waals surface area contributed by atoms with E-state index in [1.54, 1.807) is 25.3 Å². The van der Waals surface area contributed by atoms with Crippen molar-refractivity contribution in [2.24, 2.45) is 0 Å². The summed E-state index contributed by atoms with van der Waals surface area (Å²) < 4.78 is 48.3. The highest BCUT2D eigenvalue weighted by molar-refractivity contribution is 7.89. The Bertz CT molecular complexity index is 807. The average molecular weight is 367 g/mol. The van der Waals surface area contributed by atoms with Crippen LogP contribution in [0.3, 0.4) is 0 Å². The van der Waals surface area contributed by atoms with Gasteiger partial charge in [0.1, 0.15) is 23.0 Å².